The molecule has 2 unspecified atom stereocenters. The molecule has 1 N–H and O–H groups in total. The quantitative estimate of drug-likeness (QED) is 0.848. The molecule has 1 aromatic carbocycles. The minimum absolute atomic E-state index is 0.358. The first-order valence-electron chi connectivity index (χ1n) is 6.88. The number of fused-ring (bicyclic) bond motifs is 1. The molecule has 0 amide bonds. The number of hydrogen-bond acceptors (Lipinski definition) is 3. The average molecular weight is 352 g/mol. The summed E-state index contributed by atoms with van der Waals surface area (Å²) in [5, 5.41) is 12.2. The number of benzene rings is 1. The van der Waals surface area contributed by atoms with Crippen molar-refractivity contribution in [2.75, 3.05) is 11.4 Å². The molecule has 1 aliphatic heterocycles. The van der Waals surface area contributed by atoms with E-state index in [2.05, 4.69) is 45.3 Å². The lowest BCUT2D eigenvalue weighted by molar-refractivity contribution is 0.199. The van der Waals surface area contributed by atoms with Crippen LogP contribution in [0, 0.1) is 0 Å². The van der Waals surface area contributed by atoms with Crippen molar-refractivity contribution in [1.82, 2.24) is 0 Å². The molecule has 2 atom stereocenters. The van der Waals surface area contributed by atoms with E-state index in [-0.39, 0.29) is 0 Å². The van der Waals surface area contributed by atoms with Gasteiger partial charge < -0.3 is 10.0 Å². The lowest BCUT2D eigenvalue weighted by Gasteiger charge is -2.37. The lowest BCUT2D eigenvalue weighted by atomic mass is 9.98. The van der Waals surface area contributed by atoms with Gasteiger partial charge in [-0.1, -0.05) is 22.0 Å². The van der Waals surface area contributed by atoms with Crippen LogP contribution < -0.4 is 4.90 Å². The third-order valence-electron chi connectivity index (χ3n) is 4.03. The summed E-state index contributed by atoms with van der Waals surface area (Å²) in [7, 11) is 0. The first-order chi connectivity index (χ1) is 9.58. The van der Waals surface area contributed by atoms with Gasteiger partial charge in [0.2, 0.25) is 0 Å². The van der Waals surface area contributed by atoms with Gasteiger partial charge in [0.1, 0.15) is 0 Å². The van der Waals surface area contributed by atoms with E-state index in [1.54, 1.807) is 0 Å². The molecule has 4 heteroatoms. The van der Waals surface area contributed by atoms with Gasteiger partial charge in [-0.3, -0.25) is 0 Å². The third-order valence-corrected chi connectivity index (χ3v) is 5.52. The summed E-state index contributed by atoms with van der Waals surface area (Å²) in [6.07, 6.45) is 0.637. The number of aliphatic hydroxyl groups excluding tert-OH is 1. The molecule has 0 spiro atoms. The van der Waals surface area contributed by atoms with Gasteiger partial charge >= 0.3 is 0 Å². The van der Waals surface area contributed by atoms with E-state index in [0.29, 0.717) is 6.04 Å². The fraction of sp³-hybridized carbons (Fsp3) is 0.375. The molecule has 2 aromatic rings. The molecule has 2 nitrogen and oxygen atoms in total. The predicted octanol–water partition coefficient (Wildman–Crippen LogP) is 4.69. The van der Waals surface area contributed by atoms with Crippen molar-refractivity contribution in [1.29, 1.82) is 0 Å². The van der Waals surface area contributed by atoms with E-state index in [1.165, 1.54) is 10.4 Å². The predicted molar refractivity (Wildman–Crippen MR) is 88.6 cm³/mol. The molecule has 0 aliphatic carbocycles. The maximum atomic E-state index is 10.0. The van der Waals surface area contributed by atoms with Crippen LogP contribution in [0.1, 0.15) is 42.0 Å². The highest BCUT2D eigenvalue weighted by atomic mass is 79.9. The highest BCUT2D eigenvalue weighted by Crippen LogP contribution is 2.39. The zero-order valence-electron chi connectivity index (χ0n) is 11.6. The number of rotatable bonds is 2. The number of hydrogen-bond donors (Lipinski definition) is 1. The number of aliphatic hydroxyl groups is 1. The molecule has 0 saturated carbocycles. The van der Waals surface area contributed by atoms with Crippen LogP contribution in [0.15, 0.2) is 34.1 Å². The van der Waals surface area contributed by atoms with Crippen LogP contribution in [-0.4, -0.2) is 11.7 Å². The summed E-state index contributed by atoms with van der Waals surface area (Å²) >= 11 is 5.40. The first-order valence-corrected chi connectivity index (χ1v) is 8.55. The molecular formula is C16H18BrNOS. The Morgan fingerprint density at radius 2 is 2.20 bits per heavy atom. The van der Waals surface area contributed by atoms with Crippen LogP contribution in [0.5, 0.6) is 0 Å². The largest absolute Gasteiger partial charge is 0.389 e. The topological polar surface area (TPSA) is 23.5 Å². The van der Waals surface area contributed by atoms with E-state index >= 15 is 0 Å². The Morgan fingerprint density at radius 3 is 2.95 bits per heavy atom. The second-order valence-electron chi connectivity index (χ2n) is 5.30. The average Bonchev–Trinajstić information content (AvgIpc) is 2.88. The molecule has 0 saturated heterocycles. The number of nitrogens with zero attached hydrogens (tertiary/aromatic N) is 1. The Morgan fingerprint density at radius 1 is 1.40 bits per heavy atom. The van der Waals surface area contributed by atoms with Crippen LogP contribution in [0.4, 0.5) is 5.69 Å². The minimum atomic E-state index is -0.450. The number of anilines is 1. The molecule has 3 rings (SSSR count). The van der Waals surface area contributed by atoms with Crippen LogP contribution in [0.25, 0.3) is 0 Å². The van der Waals surface area contributed by atoms with Crippen molar-refractivity contribution < 1.29 is 5.11 Å². The zero-order chi connectivity index (χ0) is 14.3. The normalized spacial score (nSPS) is 19.8. The summed E-state index contributed by atoms with van der Waals surface area (Å²) in [6, 6.07) is 8.72. The van der Waals surface area contributed by atoms with Crippen molar-refractivity contribution in [2.24, 2.45) is 0 Å². The van der Waals surface area contributed by atoms with E-state index in [1.807, 2.05) is 30.4 Å². The standard InChI is InChI=1S/C16H18BrNOS/c1-10-13-6-8-20-16(13)5-7-18(10)15-9-12(17)3-4-14(15)11(2)19/h3-4,6,8-11,19H,5,7H2,1-2H3. The summed E-state index contributed by atoms with van der Waals surface area (Å²) in [5.41, 5.74) is 3.57. The maximum Gasteiger partial charge on any atom is 0.0782 e. The highest BCUT2D eigenvalue weighted by Gasteiger charge is 2.27. The van der Waals surface area contributed by atoms with Crippen molar-refractivity contribution in [2.45, 2.75) is 32.4 Å². The van der Waals surface area contributed by atoms with Crippen molar-refractivity contribution in [3.05, 3.63) is 50.1 Å². The lowest BCUT2D eigenvalue weighted by Crippen LogP contribution is -2.34. The van der Waals surface area contributed by atoms with Gasteiger partial charge in [0, 0.05) is 27.1 Å². The second-order valence-corrected chi connectivity index (χ2v) is 7.21. The zero-order valence-corrected chi connectivity index (χ0v) is 14.0. The van der Waals surface area contributed by atoms with E-state index in [0.717, 1.165) is 28.7 Å². The molecule has 106 valence electrons. The Labute approximate surface area is 132 Å². The summed E-state index contributed by atoms with van der Waals surface area (Å²) in [4.78, 5) is 3.91. The smallest absolute Gasteiger partial charge is 0.0782 e. The molecule has 0 fully saturated rings. The van der Waals surface area contributed by atoms with Gasteiger partial charge in [0.25, 0.3) is 0 Å². The summed E-state index contributed by atoms with van der Waals surface area (Å²) in [5.74, 6) is 0. The summed E-state index contributed by atoms with van der Waals surface area (Å²) in [6.45, 7) is 5.08. The first kappa shape index (κ1) is 14.1. The minimum Gasteiger partial charge on any atom is -0.389 e. The van der Waals surface area contributed by atoms with Crippen LogP contribution in [0.2, 0.25) is 0 Å². The highest BCUT2D eigenvalue weighted by molar-refractivity contribution is 9.10. The van der Waals surface area contributed by atoms with E-state index in [9.17, 15) is 5.11 Å². The van der Waals surface area contributed by atoms with Crippen LogP contribution in [-0.2, 0) is 6.42 Å². The number of halogens is 1. The molecule has 0 radical (unpaired) electrons. The van der Waals surface area contributed by atoms with Gasteiger partial charge in [-0.05, 0) is 49.4 Å². The van der Waals surface area contributed by atoms with E-state index in [4.69, 9.17) is 0 Å². The molecule has 20 heavy (non-hydrogen) atoms. The molecule has 0 bridgehead atoms. The SMILES string of the molecule is CC(O)c1ccc(Br)cc1N1CCc2sccc2C1C. The monoisotopic (exact) mass is 351 g/mol. The fourth-order valence-electron chi connectivity index (χ4n) is 2.96. The fourth-order valence-corrected chi connectivity index (χ4v) is 4.27. The van der Waals surface area contributed by atoms with Crippen molar-refractivity contribution in [3.8, 4) is 0 Å². The van der Waals surface area contributed by atoms with Gasteiger partial charge in [-0.25, -0.2) is 0 Å². The number of thiophene rings is 1. The Hall–Kier alpha value is -0.840. The Balaban J connectivity index is 2.04. The molecule has 1 aromatic heterocycles. The van der Waals surface area contributed by atoms with Crippen LogP contribution in [0.3, 0.4) is 0 Å². The van der Waals surface area contributed by atoms with E-state index < -0.39 is 6.10 Å². The van der Waals surface area contributed by atoms with Gasteiger partial charge in [-0.15, -0.1) is 11.3 Å². The van der Waals surface area contributed by atoms with Crippen LogP contribution >= 0.6 is 27.3 Å². The molecule has 1 aliphatic rings. The summed E-state index contributed by atoms with van der Waals surface area (Å²) < 4.78 is 1.06. The van der Waals surface area contributed by atoms with Crippen molar-refractivity contribution >= 4 is 33.0 Å². The maximum absolute atomic E-state index is 10.0. The van der Waals surface area contributed by atoms with Gasteiger partial charge in [0.15, 0.2) is 0 Å². The molecular weight excluding hydrogens is 334 g/mol. The molecule has 2 heterocycles. The second kappa shape index (κ2) is 5.51. The Kier molecular flexibility index (Phi) is 3.89. The van der Waals surface area contributed by atoms with Gasteiger partial charge in [-0.2, -0.15) is 0 Å². The Bertz CT molecular complexity index is 623. The van der Waals surface area contributed by atoms with Gasteiger partial charge in [0.05, 0.1) is 12.1 Å². The third kappa shape index (κ3) is 2.41. The van der Waals surface area contributed by atoms with Crippen molar-refractivity contribution in [3.63, 3.8) is 0 Å².